The zero-order valence-electron chi connectivity index (χ0n) is 5.71. The fraction of sp³-hybridized carbons (Fsp3) is 0. The third-order valence-electron chi connectivity index (χ3n) is 0.0333. The molecule has 0 fully saturated rings. The fourth-order valence-electron chi connectivity index (χ4n) is 0. The van der Waals surface area contributed by atoms with Crippen LogP contribution in [-0.4, -0.2) is 0 Å². The van der Waals surface area contributed by atoms with Gasteiger partial charge in [0.15, 0.2) is 0 Å². The predicted octanol–water partition coefficient (Wildman–Crippen LogP) is -3.71. The zero-order valence-corrected chi connectivity index (χ0v) is 12.3. The molecule has 0 aromatic carbocycles. The molecule has 0 spiro atoms. The minimum Gasteiger partial charge on any atom is -1.00 e. The van der Waals surface area contributed by atoms with Crippen LogP contribution < -0.4 is 80.9 Å². The van der Waals surface area contributed by atoms with Gasteiger partial charge in [-0.25, -0.2) is 0 Å². The molecule has 0 atom stereocenters. The van der Waals surface area contributed by atoms with Crippen LogP contribution in [0.25, 0.3) is 0 Å². The van der Waals surface area contributed by atoms with E-state index >= 15 is 0 Å². The van der Waals surface area contributed by atoms with Crippen molar-refractivity contribution < 1.29 is 83.8 Å². The van der Waals surface area contributed by atoms with Gasteiger partial charge in [0.25, 0.3) is 0 Å². The Labute approximate surface area is 123 Å². The molecule has 0 saturated heterocycles. The van der Waals surface area contributed by atoms with E-state index in [0.29, 0.717) is 0 Å². The van der Waals surface area contributed by atoms with E-state index < -0.39 is 0 Å². The Balaban J connectivity index is -0.00000000750. The van der Waals surface area contributed by atoms with E-state index in [1.54, 1.807) is 0 Å². The van der Waals surface area contributed by atoms with Crippen molar-refractivity contribution >= 4 is 43.0 Å². The molecule has 0 aliphatic carbocycles. The van der Waals surface area contributed by atoms with Gasteiger partial charge in [-0.2, -0.15) is 0 Å². The molecule has 6 heteroatoms. The molecule has 0 unspecified atom stereocenters. The predicted molar refractivity (Wildman–Crippen MR) is 35.4 cm³/mol. The number of thiol groups is 2. The van der Waals surface area contributed by atoms with Gasteiger partial charge >= 0.3 is 80.9 Å². The van der Waals surface area contributed by atoms with Gasteiger partial charge in [0, 0.05) is 0 Å². The summed E-state index contributed by atoms with van der Waals surface area (Å²) in [5, 5.41) is 0. The minimum atomic E-state index is 0. The van der Waals surface area contributed by atoms with Crippen LogP contribution in [0.15, 0.2) is 0 Å². The van der Waals surface area contributed by atoms with Crippen molar-refractivity contribution in [1.82, 2.24) is 0 Å². The maximum atomic E-state index is 3.72. The van der Waals surface area contributed by atoms with Crippen LogP contribution >= 0.6 is 43.0 Å². The standard InChI is InChI=1S/K.Na.H2S4.2H/c;;1-3-4-2;;/h;;1-2H;;/q2*+1;;2*-1. The summed E-state index contributed by atoms with van der Waals surface area (Å²) in [5.74, 6) is 0. The van der Waals surface area contributed by atoms with E-state index in [1.165, 1.54) is 19.7 Å². The van der Waals surface area contributed by atoms with Crippen molar-refractivity contribution in [3.05, 3.63) is 0 Å². The van der Waals surface area contributed by atoms with Crippen LogP contribution in [0.2, 0.25) is 0 Å². The van der Waals surface area contributed by atoms with E-state index in [9.17, 15) is 0 Å². The van der Waals surface area contributed by atoms with Gasteiger partial charge in [0.2, 0.25) is 0 Å². The molecule has 0 radical (unpaired) electrons. The monoisotopic (exact) mass is 194 g/mol. The average molecular weight is 194 g/mol. The SMILES string of the molecule is SSSS.[H-].[H-].[K+].[Na+]. The third kappa shape index (κ3) is 15.7. The maximum absolute atomic E-state index is 3.72. The van der Waals surface area contributed by atoms with E-state index in [4.69, 9.17) is 0 Å². The Morgan fingerprint density at radius 1 is 1.17 bits per heavy atom. The average Bonchev–Trinajstić information content (AvgIpc) is 1.37. The molecule has 0 heterocycles. The van der Waals surface area contributed by atoms with Crippen molar-refractivity contribution in [1.29, 1.82) is 0 Å². The maximum Gasteiger partial charge on any atom is 1.00 e. The Hall–Kier alpha value is 4.04. The number of hydrogen-bond donors (Lipinski definition) is 2. The Morgan fingerprint density at radius 3 is 1.33 bits per heavy atom. The molecule has 0 aromatic rings. The summed E-state index contributed by atoms with van der Waals surface area (Å²) < 4.78 is 0. The first-order valence-electron chi connectivity index (χ1n) is 0.532. The third-order valence-corrected chi connectivity index (χ3v) is 2.70. The first-order chi connectivity index (χ1) is 1.91. The molecule has 0 saturated carbocycles. The minimum absolute atomic E-state index is 0. The molecule has 0 aliphatic rings. The topological polar surface area (TPSA) is 0 Å². The van der Waals surface area contributed by atoms with Gasteiger partial charge in [0.05, 0.1) is 0 Å². The van der Waals surface area contributed by atoms with Gasteiger partial charge in [-0.1, -0.05) is 23.3 Å². The Bertz CT molecular complexity index is 16.0. The molecule has 6 heavy (non-hydrogen) atoms. The second kappa shape index (κ2) is 16.0. The van der Waals surface area contributed by atoms with Crippen LogP contribution in [0.4, 0.5) is 0 Å². The van der Waals surface area contributed by atoms with Crippen LogP contribution in [0.3, 0.4) is 0 Å². The molecular formula is H4KNaS4. The first-order valence-corrected chi connectivity index (χ1v) is 4.79. The largest absolute Gasteiger partial charge is 1.00 e. The van der Waals surface area contributed by atoms with E-state index in [-0.39, 0.29) is 83.8 Å². The quantitative estimate of drug-likeness (QED) is 0.250. The van der Waals surface area contributed by atoms with Crippen LogP contribution in [-0.2, 0) is 0 Å². The van der Waals surface area contributed by atoms with Crippen molar-refractivity contribution in [2.24, 2.45) is 0 Å². The van der Waals surface area contributed by atoms with Crippen LogP contribution in [0.5, 0.6) is 0 Å². The van der Waals surface area contributed by atoms with Gasteiger partial charge in [-0.3, -0.25) is 0 Å². The van der Waals surface area contributed by atoms with Crippen LogP contribution in [0, 0.1) is 0 Å². The Morgan fingerprint density at radius 2 is 1.33 bits per heavy atom. The fourth-order valence-corrected chi connectivity index (χ4v) is 0. The molecule has 0 aliphatic heterocycles. The number of rotatable bonds is 1. The smallest absolute Gasteiger partial charge is 1.00 e. The van der Waals surface area contributed by atoms with E-state index in [2.05, 4.69) is 23.3 Å². The molecule has 0 aromatic heterocycles. The molecule has 30 valence electrons. The summed E-state index contributed by atoms with van der Waals surface area (Å²) in [6.07, 6.45) is 0. The first kappa shape index (κ1) is 16.6. The van der Waals surface area contributed by atoms with E-state index in [0.717, 1.165) is 0 Å². The summed E-state index contributed by atoms with van der Waals surface area (Å²) in [7, 11) is 2.66. The second-order valence-corrected chi connectivity index (χ2v) is 4.02. The molecule has 0 N–H and O–H groups in total. The molecular weight excluding hydrogens is 190 g/mol. The number of hydrogen-bond acceptors (Lipinski definition) is 4. The van der Waals surface area contributed by atoms with Crippen molar-refractivity contribution in [3.63, 3.8) is 0 Å². The van der Waals surface area contributed by atoms with E-state index in [1.807, 2.05) is 0 Å². The van der Waals surface area contributed by atoms with Gasteiger partial charge in [-0.15, -0.1) is 0 Å². The summed E-state index contributed by atoms with van der Waals surface area (Å²) in [4.78, 5) is 0. The van der Waals surface area contributed by atoms with Crippen molar-refractivity contribution in [2.45, 2.75) is 0 Å². The van der Waals surface area contributed by atoms with Crippen molar-refractivity contribution in [3.8, 4) is 0 Å². The summed E-state index contributed by atoms with van der Waals surface area (Å²) >= 11 is 7.45. The Kier molecular flexibility index (Phi) is 44.2. The molecule has 0 amide bonds. The second-order valence-electron chi connectivity index (χ2n) is 0.149. The normalized spacial score (nSPS) is 5.00. The summed E-state index contributed by atoms with van der Waals surface area (Å²) in [5.41, 5.74) is 0. The summed E-state index contributed by atoms with van der Waals surface area (Å²) in [6.45, 7) is 0. The zero-order chi connectivity index (χ0) is 3.41. The van der Waals surface area contributed by atoms with Gasteiger partial charge in [0.1, 0.15) is 0 Å². The molecule has 0 bridgehead atoms. The van der Waals surface area contributed by atoms with Crippen molar-refractivity contribution in [2.75, 3.05) is 0 Å². The van der Waals surface area contributed by atoms with Gasteiger partial charge in [-0.05, 0) is 19.7 Å². The van der Waals surface area contributed by atoms with Gasteiger partial charge < -0.3 is 2.85 Å². The molecule has 0 nitrogen and oxygen atoms in total. The van der Waals surface area contributed by atoms with Crippen LogP contribution in [0.1, 0.15) is 2.85 Å². The molecule has 0 rings (SSSR count). The summed E-state index contributed by atoms with van der Waals surface area (Å²) in [6, 6.07) is 0.